The molecule has 0 aromatic heterocycles. The van der Waals surface area contributed by atoms with Crippen molar-refractivity contribution in [3.63, 3.8) is 0 Å². The Labute approximate surface area is 234 Å². The molecule has 3 rings (SSSR count). The zero-order valence-corrected chi connectivity index (χ0v) is 26.6. The van der Waals surface area contributed by atoms with Crippen molar-refractivity contribution in [3.05, 3.63) is 0 Å². The lowest BCUT2D eigenvalue weighted by atomic mass is 9.67. The Morgan fingerprint density at radius 1 is 0.703 bits per heavy atom. The zero-order chi connectivity index (χ0) is 28.7. The van der Waals surface area contributed by atoms with Gasteiger partial charge < -0.3 is 28.7 Å². The van der Waals surface area contributed by atoms with Crippen molar-refractivity contribution < 1.29 is 0 Å². The summed E-state index contributed by atoms with van der Waals surface area (Å²) in [5.41, 5.74) is 28.7. The van der Waals surface area contributed by atoms with Crippen molar-refractivity contribution in [2.75, 3.05) is 19.6 Å². The summed E-state index contributed by atoms with van der Waals surface area (Å²) in [7, 11) is 0. The van der Waals surface area contributed by atoms with Gasteiger partial charge in [-0.2, -0.15) is 0 Å². The number of unbranched alkanes of at least 4 members (excludes halogenated alkanes) is 2. The summed E-state index contributed by atoms with van der Waals surface area (Å²) in [5, 5.41) is 0. The van der Waals surface area contributed by atoms with Crippen LogP contribution in [0.2, 0.25) is 0 Å². The summed E-state index contributed by atoms with van der Waals surface area (Å²) in [4.78, 5) is 0. The molecule has 226 valence electrons. The van der Waals surface area contributed by atoms with Crippen LogP contribution in [0.3, 0.4) is 0 Å². The monoisotopic (exact) mass is 528 g/mol. The highest BCUT2D eigenvalue weighted by Gasteiger charge is 2.33. The molecule has 3 fully saturated rings. The van der Waals surface area contributed by atoms with Crippen LogP contribution in [-0.4, -0.2) is 31.7 Å². The third kappa shape index (κ3) is 20.4. The van der Waals surface area contributed by atoms with Crippen molar-refractivity contribution in [2.24, 2.45) is 51.3 Å². The highest BCUT2D eigenvalue weighted by atomic mass is 14.7. The van der Waals surface area contributed by atoms with E-state index in [2.05, 4.69) is 48.5 Å². The fourth-order valence-electron chi connectivity index (χ4n) is 4.61. The van der Waals surface area contributed by atoms with Gasteiger partial charge in [-0.25, -0.2) is 0 Å². The molecule has 0 bridgehead atoms. The lowest BCUT2D eigenvalue weighted by molar-refractivity contribution is 0.138. The van der Waals surface area contributed by atoms with Crippen LogP contribution in [0.1, 0.15) is 151 Å². The van der Waals surface area contributed by atoms with Crippen molar-refractivity contribution in [2.45, 2.75) is 163 Å². The standard InChI is InChI=1S/3C7H15N.C6H15N.C5H13N/c2*1-6-4-2-3-5-7(6)8;1-2-7(6-8)4-3-5-7;1-4-6(2,3)5-7;1-2-3-4-5-6/h2*6-7H,2-5,8H2,1H3;2-6,8H2,1H3;4-5,7H2,1-3H3;2-6H2,1H3/t2*6-,7-;;;/m10.../s1. The van der Waals surface area contributed by atoms with Crippen LogP contribution in [-0.2, 0) is 0 Å². The van der Waals surface area contributed by atoms with Crippen LogP contribution < -0.4 is 28.7 Å². The van der Waals surface area contributed by atoms with Gasteiger partial charge in [-0.05, 0) is 100 Å². The van der Waals surface area contributed by atoms with Gasteiger partial charge in [0, 0.05) is 12.1 Å². The van der Waals surface area contributed by atoms with E-state index >= 15 is 0 Å². The third-order valence-corrected chi connectivity index (χ3v) is 9.27. The molecule has 0 spiro atoms. The van der Waals surface area contributed by atoms with Gasteiger partial charge in [0.25, 0.3) is 0 Å². The number of nitrogens with two attached hydrogens (primary N) is 5. The van der Waals surface area contributed by atoms with E-state index < -0.39 is 0 Å². The van der Waals surface area contributed by atoms with Gasteiger partial charge in [-0.3, -0.25) is 0 Å². The lowest BCUT2D eigenvalue weighted by Gasteiger charge is -2.40. The van der Waals surface area contributed by atoms with Crippen LogP contribution in [0.5, 0.6) is 0 Å². The van der Waals surface area contributed by atoms with Gasteiger partial charge >= 0.3 is 0 Å². The fraction of sp³-hybridized carbons (Fsp3) is 1.00. The Hall–Kier alpha value is -0.200. The summed E-state index contributed by atoms with van der Waals surface area (Å²) < 4.78 is 0. The number of rotatable bonds is 7. The lowest BCUT2D eigenvalue weighted by Crippen LogP contribution is -2.36. The molecule has 3 aliphatic rings. The van der Waals surface area contributed by atoms with Gasteiger partial charge in [0.1, 0.15) is 0 Å². The molecule has 5 heteroatoms. The molecular weight excluding hydrogens is 454 g/mol. The quantitative estimate of drug-likeness (QED) is 0.226. The SMILES string of the molecule is CCC(C)(C)CN.CCC1(CN)CCC1.CCCCCN.C[C@@H]1CCCC[C@H]1N.C[C@H]1CCCC[C@@H]1N. The maximum atomic E-state index is 5.78. The molecule has 0 heterocycles. The second-order valence-corrected chi connectivity index (χ2v) is 13.0. The van der Waals surface area contributed by atoms with Crippen LogP contribution >= 0.6 is 0 Å². The van der Waals surface area contributed by atoms with E-state index in [0.29, 0.717) is 22.9 Å². The van der Waals surface area contributed by atoms with E-state index in [4.69, 9.17) is 28.7 Å². The molecule has 0 aliphatic heterocycles. The van der Waals surface area contributed by atoms with E-state index in [9.17, 15) is 0 Å². The first-order valence-corrected chi connectivity index (χ1v) is 16.1. The molecule has 0 aromatic rings. The van der Waals surface area contributed by atoms with Crippen molar-refractivity contribution in [3.8, 4) is 0 Å². The van der Waals surface area contributed by atoms with Gasteiger partial charge in [-0.15, -0.1) is 0 Å². The van der Waals surface area contributed by atoms with Gasteiger partial charge in [0.2, 0.25) is 0 Å². The maximum Gasteiger partial charge on any atom is 0.00645 e. The molecule has 0 unspecified atom stereocenters. The predicted octanol–water partition coefficient (Wildman–Crippen LogP) is 7.09. The number of hydrogen-bond donors (Lipinski definition) is 5. The van der Waals surface area contributed by atoms with Crippen LogP contribution in [0, 0.1) is 22.7 Å². The highest BCUT2D eigenvalue weighted by molar-refractivity contribution is 4.86. The van der Waals surface area contributed by atoms with Crippen LogP contribution in [0.4, 0.5) is 0 Å². The minimum absolute atomic E-state index is 0.361. The predicted molar refractivity (Wildman–Crippen MR) is 169 cm³/mol. The Morgan fingerprint density at radius 3 is 1.27 bits per heavy atom. The van der Waals surface area contributed by atoms with Gasteiger partial charge in [0.15, 0.2) is 0 Å². The summed E-state index contributed by atoms with van der Waals surface area (Å²) in [6, 6.07) is 1.01. The average molecular weight is 528 g/mol. The molecule has 10 N–H and O–H groups in total. The first-order valence-electron chi connectivity index (χ1n) is 16.1. The minimum Gasteiger partial charge on any atom is -0.330 e. The summed E-state index contributed by atoms with van der Waals surface area (Å²) in [5.74, 6) is 1.56. The molecule has 37 heavy (non-hydrogen) atoms. The van der Waals surface area contributed by atoms with Crippen molar-refractivity contribution >= 4 is 0 Å². The Bertz CT molecular complexity index is 414. The molecule has 5 nitrogen and oxygen atoms in total. The highest BCUT2D eigenvalue weighted by Crippen LogP contribution is 2.42. The van der Waals surface area contributed by atoms with Crippen LogP contribution in [0.25, 0.3) is 0 Å². The van der Waals surface area contributed by atoms with Crippen molar-refractivity contribution in [1.29, 1.82) is 0 Å². The topological polar surface area (TPSA) is 130 Å². The first-order chi connectivity index (χ1) is 17.5. The molecule has 0 radical (unpaired) electrons. The molecule has 0 saturated heterocycles. The van der Waals surface area contributed by atoms with E-state index in [1.165, 1.54) is 103 Å². The molecule has 0 amide bonds. The number of hydrogen-bond acceptors (Lipinski definition) is 5. The summed E-state index contributed by atoms with van der Waals surface area (Å²) in [6.07, 6.45) is 21.1. The Balaban J connectivity index is 0. The normalized spacial score (nSPS) is 26.3. The Kier molecular flexibility index (Phi) is 24.9. The van der Waals surface area contributed by atoms with E-state index in [1.807, 2.05) is 0 Å². The molecule has 0 aromatic carbocycles. The maximum absolute atomic E-state index is 5.78. The first kappa shape index (κ1) is 38.9. The van der Waals surface area contributed by atoms with E-state index in [-0.39, 0.29) is 0 Å². The van der Waals surface area contributed by atoms with E-state index in [1.54, 1.807) is 0 Å². The van der Waals surface area contributed by atoms with Crippen molar-refractivity contribution in [1.82, 2.24) is 0 Å². The molecule has 3 aliphatic carbocycles. The smallest absolute Gasteiger partial charge is 0.00645 e. The molecule has 3 saturated carbocycles. The minimum atomic E-state index is 0.361. The second-order valence-electron chi connectivity index (χ2n) is 13.0. The molecular formula is C32H73N5. The van der Waals surface area contributed by atoms with Gasteiger partial charge in [-0.1, -0.05) is 93.4 Å². The summed E-state index contributed by atoms with van der Waals surface area (Å²) >= 11 is 0. The van der Waals surface area contributed by atoms with Crippen LogP contribution in [0.15, 0.2) is 0 Å². The zero-order valence-electron chi connectivity index (χ0n) is 26.6. The fourth-order valence-corrected chi connectivity index (χ4v) is 4.61. The Morgan fingerprint density at radius 2 is 1.16 bits per heavy atom. The summed E-state index contributed by atoms with van der Waals surface area (Å²) in [6.45, 7) is 18.0. The average Bonchev–Trinajstić information content (AvgIpc) is 2.88. The molecule has 4 atom stereocenters. The second kappa shape index (κ2) is 23.7. The van der Waals surface area contributed by atoms with E-state index in [0.717, 1.165) is 31.5 Å². The largest absolute Gasteiger partial charge is 0.330 e. The third-order valence-electron chi connectivity index (χ3n) is 9.27. The van der Waals surface area contributed by atoms with Gasteiger partial charge in [0.05, 0.1) is 0 Å².